The van der Waals surface area contributed by atoms with Gasteiger partial charge < -0.3 is 20.5 Å². The van der Waals surface area contributed by atoms with Gasteiger partial charge in [0.2, 0.25) is 5.91 Å². The molecule has 0 fully saturated rings. The van der Waals surface area contributed by atoms with Crippen LogP contribution in [0.4, 0.5) is 5.69 Å². The minimum absolute atomic E-state index is 0.178. The summed E-state index contributed by atoms with van der Waals surface area (Å²) in [6, 6.07) is 4.92. The maximum absolute atomic E-state index is 12.1. The van der Waals surface area contributed by atoms with Crippen molar-refractivity contribution >= 4 is 11.6 Å². The molecule has 5 nitrogen and oxygen atoms in total. The van der Waals surface area contributed by atoms with Crippen LogP contribution in [0.5, 0.6) is 11.5 Å². The highest BCUT2D eigenvalue weighted by molar-refractivity contribution is 5.94. The van der Waals surface area contributed by atoms with Gasteiger partial charge in [0.15, 0.2) is 11.5 Å². The van der Waals surface area contributed by atoms with Crippen molar-refractivity contribution in [3.05, 3.63) is 18.2 Å². The number of nitrogens with two attached hydrogens (primary N) is 1. The van der Waals surface area contributed by atoms with Crippen molar-refractivity contribution in [3.8, 4) is 11.5 Å². The fourth-order valence-corrected chi connectivity index (χ4v) is 2.09. The van der Waals surface area contributed by atoms with Crippen LogP contribution >= 0.6 is 0 Å². The van der Waals surface area contributed by atoms with E-state index in [2.05, 4.69) is 12.2 Å². The zero-order valence-electron chi connectivity index (χ0n) is 14.7. The highest BCUT2D eigenvalue weighted by Crippen LogP contribution is 2.31. The summed E-state index contributed by atoms with van der Waals surface area (Å²) in [5.74, 6) is 1.55. The average Bonchev–Trinajstić information content (AvgIpc) is 2.51. The quantitative estimate of drug-likeness (QED) is 0.690. The van der Waals surface area contributed by atoms with Crippen LogP contribution in [0.15, 0.2) is 18.2 Å². The summed E-state index contributed by atoms with van der Waals surface area (Å²) in [5.41, 5.74) is 6.58. The summed E-state index contributed by atoms with van der Waals surface area (Å²) in [5, 5.41) is 2.85. The van der Waals surface area contributed by atoms with Crippen LogP contribution in [0.3, 0.4) is 0 Å². The number of nitrogens with one attached hydrogen (secondary N) is 1. The van der Waals surface area contributed by atoms with E-state index < -0.39 is 6.04 Å². The maximum atomic E-state index is 12.1. The molecule has 1 aromatic rings. The lowest BCUT2D eigenvalue weighted by Crippen LogP contribution is -2.36. The zero-order valence-corrected chi connectivity index (χ0v) is 14.7. The molecule has 1 amide bonds. The van der Waals surface area contributed by atoms with Gasteiger partial charge in [0.25, 0.3) is 0 Å². The molecule has 0 heterocycles. The molecule has 0 aromatic heterocycles. The molecular formula is C18H30N2O3. The van der Waals surface area contributed by atoms with Crippen LogP contribution in [-0.4, -0.2) is 25.2 Å². The monoisotopic (exact) mass is 322 g/mol. The Balaban J connectivity index is 2.80. The van der Waals surface area contributed by atoms with Gasteiger partial charge in [-0.1, -0.05) is 27.7 Å². The number of rotatable bonds is 10. The summed E-state index contributed by atoms with van der Waals surface area (Å²) < 4.78 is 11.4. The first-order valence-electron chi connectivity index (χ1n) is 8.44. The van der Waals surface area contributed by atoms with Crippen LogP contribution in [0.2, 0.25) is 0 Å². The summed E-state index contributed by atoms with van der Waals surface area (Å²) in [6.07, 6.45) is 2.49. The first-order chi connectivity index (χ1) is 11.0. The second-order valence-corrected chi connectivity index (χ2v) is 6.08. The fourth-order valence-electron chi connectivity index (χ4n) is 2.09. The summed E-state index contributed by atoms with van der Waals surface area (Å²) >= 11 is 0. The lowest BCUT2D eigenvalue weighted by Gasteiger charge is -2.16. The maximum Gasteiger partial charge on any atom is 0.241 e. The normalized spacial score (nSPS) is 12.1. The largest absolute Gasteiger partial charge is 0.490 e. The minimum Gasteiger partial charge on any atom is -0.490 e. The number of hydrogen-bond donors (Lipinski definition) is 2. The molecule has 3 N–H and O–H groups in total. The number of amides is 1. The number of benzene rings is 1. The van der Waals surface area contributed by atoms with E-state index >= 15 is 0 Å². The van der Waals surface area contributed by atoms with Gasteiger partial charge in [-0.05, 0) is 37.3 Å². The molecule has 0 radical (unpaired) electrons. The van der Waals surface area contributed by atoms with Crippen LogP contribution in [0, 0.1) is 5.92 Å². The van der Waals surface area contributed by atoms with E-state index in [1.165, 1.54) is 0 Å². The predicted molar refractivity (Wildman–Crippen MR) is 94.1 cm³/mol. The molecule has 0 aliphatic carbocycles. The fraction of sp³-hybridized carbons (Fsp3) is 0.611. The van der Waals surface area contributed by atoms with Gasteiger partial charge in [-0.2, -0.15) is 0 Å². The van der Waals surface area contributed by atoms with E-state index in [4.69, 9.17) is 15.2 Å². The highest BCUT2D eigenvalue weighted by atomic mass is 16.5. The second-order valence-electron chi connectivity index (χ2n) is 6.08. The SMILES string of the molecule is CCCOc1ccc(NC(=O)[C@@H](N)CC(C)C)cc1OCCC. The zero-order chi connectivity index (χ0) is 17.2. The van der Waals surface area contributed by atoms with E-state index in [-0.39, 0.29) is 5.91 Å². The van der Waals surface area contributed by atoms with Crippen LogP contribution in [0.25, 0.3) is 0 Å². The Labute approximate surface area is 139 Å². The van der Waals surface area contributed by atoms with Gasteiger partial charge >= 0.3 is 0 Å². The van der Waals surface area contributed by atoms with E-state index in [1.807, 2.05) is 32.9 Å². The van der Waals surface area contributed by atoms with E-state index in [1.54, 1.807) is 6.07 Å². The number of carbonyl (C=O) groups is 1. The molecule has 23 heavy (non-hydrogen) atoms. The Morgan fingerprint density at radius 1 is 1.13 bits per heavy atom. The van der Waals surface area contributed by atoms with E-state index in [0.29, 0.717) is 42.7 Å². The van der Waals surface area contributed by atoms with Crippen molar-refractivity contribution in [2.75, 3.05) is 18.5 Å². The molecule has 1 rings (SSSR count). The van der Waals surface area contributed by atoms with Gasteiger partial charge in [-0.15, -0.1) is 0 Å². The smallest absolute Gasteiger partial charge is 0.241 e. The minimum atomic E-state index is -0.508. The Kier molecular flexibility index (Phi) is 8.48. The van der Waals surface area contributed by atoms with E-state index in [0.717, 1.165) is 12.8 Å². The van der Waals surface area contributed by atoms with Crippen LogP contribution < -0.4 is 20.5 Å². The summed E-state index contributed by atoms with van der Waals surface area (Å²) in [7, 11) is 0. The lowest BCUT2D eigenvalue weighted by atomic mass is 10.0. The van der Waals surface area contributed by atoms with Crippen molar-refractivity contribution in [2.24, 2.45) is 11.7 Å². The molecule has 0 spiro atoms. The average molecular weight is 322 g/mol. The summed E-state index contributed by atoms with van der Waals surface area (Å²) in [6.45, 7) is 9.42. The topological polar surface area (TPSA) is 73.6 Å². The highest BCUT2D eigenvalue weighted by Gasteiger charge is 2.16. The van der Waals surface area contributed by atoms with Crippen LogP contribution in [0.1, 0.15) is 47.0 Å². The second kappa shape index (κ2) is 10.1. The third-order valence-electron chi connectivity index (χ3n) is 3.20. The Bertz CT molecular complexity index is 489. The standard InChI is InChI=1S/C18H30N2O3/c1-5-9-22-16-8-7-14(12-17(16)23-10-6-2)20-18(21)15(19)11-13(3)4/h7-8,12-13,15H,5-6,9-11,19H2,1-4H3,(H,20,21)/t15-/m0/s1. The first-order valence-corrected chi connectivity index (χ1v) is 8.44. The third kappa shape index (κ3) is 6.91. The molecule has 5 heteroatoms. The predicted octanol–water partition coefficient (Wildman–Crippen LogP) is 3.58. The van der Waals surface area contributed by atoms with Gasteiger partial charge in [0, 0.05) is 11.8 Å². The number of hydrogen-bond acceptors (Lipinski definition) is 4. The number of anilines is 1. The van der Waals surface area contributed by atoms with Gasteiger partial charge in [0.05, 0.1) is 19.3 Å². The molecule has 0 saturated heterocycles. The summed E-state index contributed by atoms with van der Waals surface area (Å²) in [4.78, 5) is 12.1. The van der Waals surface area contributed by atoms with Gasteiger partial charge in [0.1, 0.15) is 0 Å². The molecule has 1 atom stereocenters. The van der Waals surface area contributed by atoms with Crippen molar-refractivity contribution in [2.45, 2.75) is 53.0 Å². The molecule has 1 aromatic carbocycles. The Hall–Kier alpha value is -1.75. The molecular weight excluding hydrogens is 292 g/mol. The number of ether oxygens (including phenoxy) is 2. The van der Waals surface area contributed by atoms with Crippen LogP contribution in [-0.2, 0) is 4.79 Å². The molecule has 0 unspecified atom stereocenters. The molecule has 130 valence electrons. The molecule has 0 aliphatic heterocycles. The van der Waals surface area contributed by atoms with Crippen molar-refractivity contribution in [3.63, 3.8) is 0 Å². The van der Waals surface area contributed by atoms with Crippen molar-refractivity contribution < 1.29 is 14.3 Å². The first kappa shape index (κ1) is 19.3. The van der Waals surface area contributed by atoms with Crippen molar-refractivity contribution in [1.29, 1.82) is 0 Å². The Morgan fingerprint density at radius 2 is 1.74 bits per heavy atom. The van der Waals surface area contributed by atoms with E-state index in [9.17, 15) is 4.79 Å². The lowest BCUT2D eigenvalue weighted by molar-refractivity contribution is -0.117. The van der Waals surface area contributed by atoms with Crippen molar-refractivity contribution in [1.82, 2.24) is 0 Å². The molecule has 0 bridgehead atoms. The molecule has 0 saturated carbocycles. The van der Waals surface area contributed by atoms with Gasteiger partial charge in [-0.25, -0.2) is 0 Å². The molecule has 0 aliphatic rings. The van der Waals surface area contributed by atoms with Gasteiger partial charge in [-0.3, -0.25) is 4.79 Å². The Morgan fingerprint density at radius 3 is 2.30 bits per heavy atom. The third-order valence-corrected chi connectivity index (χ3v) is 3.20. The number of carbonyl (C=O) groups excluding carboxylic acids is 1.